The van der Waals surface area contributed by atoms with Crippen LogP contribution in [0, 0.1) is 0 Å². The van der Waals surface area contributed by atoms with Crippen molar-refractivity contribution in [2.75, 3.05) is 33.7 Å². The van der Waals surface area contributed by atoms with E-state index in [1.807, 2.05) is 25.9 Å². The summed E-state index contributed by atoms with van der Waals surface area (Å²) < 4.78 is 5.09. The third-order valence-corrected chi connectivity index (χ3v) is 2.88. The van der Waals surface area contributed by atoms with Gasteiger partial charge in [0.15, 0.2) is 0 Å². The SMILES string of the molecule is CCCN(CCN(C)C)C(=O)NCc1ccc(C(=O)O)o1. The molecular formula is C14H23N3O4. The molecule has 2 amide bonds. The number of nitrogens with one attached hydrogen (secondary N) is 1. The first-order valence-electron chi connectivity index (χ1n) is 6.93. The van der Waals surface area contributed by atoms with Gasteiger partial charge in [0, 0.05) is 19.6 Å². The third kappa shape index (κ3) is 5.86. The molecule has 2 N–H and O–H groups in total. The van der Waals surface area contributed by atoms with Crippen molar-refractivity contribution in [2.45, 2.75) is 19.9 Å². The Kier molecular flexibility index (Phi) is 6.74. The van der Waals surface area contributed by atoms with Crippen molar-refractivity contribution >= 4 is 12.0 Å². The summed E-state index contributed by atoms with van der Waals surface area (Å²) in [7, 11) is 3.91. The number of furan rings is 1. The molecule has 1 aromatic rings. The van der Waals surface area contributed by atoms with Crippen LogP contribution in [-0.4, -0.2) is 60.6 Å². The lowest BCUT2D eigenvalue weighted by Gasteiger charge is -2.24. The lowest BCUT2D eigenvalue weighted by atomic mass is 10.4. The predicted molar refractivity (Wildman–Crippen MR) is 78.3 cm³/mol. The zero-order valence-corrected chi connectivity index (χ0v) is 12.8. The second-order valence-electron chi connectivity index (χ2n) is 5.02. The van der Waals surface area contributed by atoms with Crippen LogP contribution in [0.1, 0.15) is 29.7 Å². The van der Waals surface area contributed by atoms with E-state index in [2.05, 4.69) is 5.32 Å². The zero-order valence-electron chi connectivity index (χ0n) is 12.8. The predicted octanol–water partition coefficient (Wildman–Crippen LogP) is 1.46. The molecule has 0 aromatic carbocycles. The van der Waals surface area contributed by atoms with Crippen LogP contribution in [0.25, 0.3) is 0 Å². The monoisotopic (exact) mass is 297 g/mol. The molecule has 0 unspecified atom stereocenters. The molecule has 0 atom stereocenters. The van der Waals surface area contributed by atoms with Gasteiger partial charge in [-0.1, -0.05) is 6.92 Å². The summed E-state index contributed by atoms with van der Waals surface area (Å²) in [5.41, 5.74) is 0. The topological polar surface area (TPSA) is 86.0 Å². The smallest absolute Gasteiger partial charge is 0.371 e. The van der Waals surface area contributed by atoms with E-state index in [1.54, 1.807) is 11.0 Å². The first-order chi connectivity index (χ1) is 9.93. The molecule has 21 heavy (non-hydrogen) atoms. The first kappa shape index (κ1) is 17.0. The molecule has 0 aliphatic heterocycles. The molecule has 0 radical (unpaired) electrons. The Labute approximate surface area is 124 Å². The lowest BCUT2D eigenvalue weighted by molar-refractivity contribution is 0.0660. The van der Waals surface area contributed by atoms with E-state index >= 15 is 0 Å². The van der Waals surface area contributed by atoms with Gasteiger partial charge in [-0.15, -0.1) is 0 Å². The van der Waals surface area contributed by atoms with E-state index in [4.69, 9.17) is 9.52 Å². The quantitative estimate of drug-likeness (QED) is 0.758. The van der Waals surface area contributed by atoms with E-state index in [0.29, 0.717) is 18.8 Å². The van der Waals surface area contributed by atoms with Crippen molar-refractivity contribution in [1.29, 1.82) is 0 Å². The van der Waals surface area contributed by atoms with Gasteiger partial charge in [0.2, 0.25) is 5.76 Å². The number of hydrogen-bond donors (Lipinski definition) is 2. The number of carbonyl (C=O) groups is 2. The minimum absolute atomic E-state index is 0.128. The van der Waals surface area contributed by atoms with Gasteiger partial charge in [-0.05, 0) is 32.6 Å². The first-order valence-corrected chi connectivity index (χ1v) is 6.93. The van der Waals surface area contributed by atoms with Gasteiger partial charge < -0.3 is 24.6 Å². The van der Waals surface area contributed by atoms with Gasteiger partial charge in [0.25, 0.3) is 0 Å². The van der Waals surface area contributed by atoms with Gasteiger partial charge in [-0.3, -0.25) is 0 Å². The van der Waals surface area contributed by atoms with Crippen LogP contribution in [0.15, 0.2) is 16.5 Å². The van der Waals surface area contributed by atoms with E-state index in [9.17, 15) is 9.59 Å². The van der Waals surface area contributed by atoms with Crippen molar-refractivity contribution < 1.29 is 19.1 Å². The molecule has 118 valence electrons. The number of rotatable bonds is 8. The fourth-order valence-corrected chi connectivity index (χ4v) is 1.77. The zero-order chi connectivity index (χ0) is 15.8. The van der Waals surface area contributed by atoms with Gasteiger partial charge in [0.1, 0.15) is 5.76 Å². The molecule has 0 fully saturated rings. The molecule has 0 bridgehead atoms. The molecule has 7 heteroatoms. The third-order valence-electron chi connectivity index (χ3n) is 2.88. The van der Waals surface area contributed by atoms with E-state index in [-0.39, 0.29) is 18.3 Å². The molecular weight excluding hydrogens is 274 g/mol. The van der Waals surface area contributed by atoms with E-state index in [1.165, 1.54) is 6.07 Å². The average molecular weight is 297 g/mol. The normalized spacial score (nSPS) is 10.7. The van der Waals surface area contributed by atoms with Crippen LogP contribution in [0.5, 0.6) is 0 Å². The van der Waals surface area contributed by atoms with Crippen LogP contribution in [0.4, 0.5) is 4.79 Å². The molecule has 0 spiro atoms. The van der Waals surface area contributed by atoms with Crippen LogP contribution < -0.4 is 5.32 Å². The highest BCUT2D eigenvalue weighted by Crippen LogP contribution is 2.07. The van der Waals surface area contributed by atoms with Crippen molar-refractivity contribution in [3.8, 4) is 0 Å². The van der Waals surface area contributed by atoms with Crippen molar-refractivity contribution in [1.82, 2.24) is 15.1 Å². The summed E-state index contributed by atoms with van der Waals surface area (Å²) in [4.78, 5) is 26.6. The van der Waals surface area contributed by atoms with Crippen molar-refractivity contribution in [2.24, 2.45) is 0 Å². The fraction of sp³-hybridized carbons (Fsp3) is 0.571. The van der Waals surface area contributed by atoms with Crippen LogP contribution in [-0.2, 0) is 6.54 Å². The van der Waals surface area contributed by atoms with Crippen LogP contribution in [0.2, 0.25) is 0 Å². The summed E-state index contributed by atoms with van der Waals surface area (Å²) in [6.45, 7) is 4.30. The maximum absolute atomic E-state index is 12.1. The Bertz CT molecular complexity index is 471. The molecule has 0 saturated carbocycles. The van der Waals surface area contributed by atoms with E-state index in [0.717, 1.165) is 13.0 Å². The molecule has 0 aliphatic carbocycles. The average Bonchev–Trinajstić information content (AvgIpc) is 2.89. The Morgan fingerprint density at radius 1 is 1.24 bits per heavy atom. The molecule has 1 aromatic heterocycles. The Hall–Kier alpha value is -2.02. The minimum atomic E-state index is -1.12. The second kappa shape index (κ2) is 8.31. The highest BCUT2D eigenvalue weighted by molar-refractivity contribution is 5.84. The number of nitrogens with zero attached hydrogens (tertiary/aromatic N) is 2. The second-order valence-corrected chi connectivity index (χ2v) is 5.02. The van der Waals surface area contributed by atoms with Crippen LogP contribution >= 0.6 is 0 Å². The highest BCUT2D eigenvalue weighted by atomic mass is 16.4. The Morgan fingerprint density at radius 2 is 1.95 bits per heavy atom. The Balaban J connectivity index is 2.49. The van der Waals surface area contributed by atoms with Crippen LogP contribution in [0.3, 0.4) is 0 Å². The minimum Gasteiger partial charge on any atom is -0.475 e. The largest absolute Gasteiger partial charge is 0.475 e. The Morgan fingerprint density at radius 3 is 2.48 bits per heavy atom. The highest BCUT2D eigenvalue weighted by Gasteiger charge is 2.14. The lowest BCUT2D eigenvalue weighted by Crippen LogP contribution is -2.43. The molecule has 7 nitrogen and oxygen atoms in total. The number of hydrogen-bond acceptors (Lipinski definition) is 4. The summed E-state index contributed by atoms with van der Waals surface area (Å²) >= 11 is 0. The van der Waals surface area contributed by atoms with Gasteiger partial charge in [0.05, 0.1) is 6.54 Å². The summed E-state index contributed by atoms with van der Waals surface area (Å²) in [5, 5.41) is 11.5. The number of carbonyl (C=O) groups excluding carboxylic acids is 1. The molecule has 0 aliphatic rings. The number of amides is 2. The van der Waals surface area contributed by atoms with E-state index < -0.39 is 5.97 Å². The fourth-order valence-electron chi connectivity index (χ4n) is 1.77. The van der Waals surface area contributed by atoms with Crippen molar-refractivity contribution in [3.63, 3.8) is 0 Å². The molecule has 1 heterocycles. The summed E-state index contributed by atoms with van der Waals surface area (Å²) in [6.07, 6.45) is 0.880. The molecule has 0 saturated heterocycles. The number of likely N-dealkylation sites (N-methyl/N-ethyl adjacent to an activating group) is 1. The number of carboxylic acids is 1. The number of aromatic carboxylic acids is 1. The number of urea groups is 1. The van der Waals surface area contributed by atoms with Crippen molar-refractivity contribution in [3.05, 3.63) is 23.7 Å². The number of carboxylic acid groups (broad SMARTS) is 1. The summed E-state index contributed by atoms with van der Waals surface area (Å²) in [5.74, 6) is -0.826. The standard InChI is InChI=1S/C14H23N3O4/c1-4-7-17(9-8-16(2)3)14(20)15-10-11-5-6-12(21-11)13(18)19/h5-6H,4,7-10H2,1-3H3,(H,15,20)(H,18,19). The van der Waals surface area contributed by atoms with Gasteiger partial charge in [-0.25, -0.2) is 9.59 Å². The van der Waals surface area contributed by atoms with Gasteiger partial charge >= 0.3 is 12.0 Å². The maximum atomic E-state index is 12.1. The maximum Gasteiger partial charge on any atom is 0.371 e. The molecule has 1 rings (SSSR count). The summed E-state index contributed by atoms with van der Waals surface area (Å²) in [6, 6.07) is 2.75. The van der Waals surface area contributed by atoms with Gasteiger partial charge in [-0.2, -0.15) is 0 Å².